The normalized spacial score (nSPS) is 11.7. The summed E-state index contributed by atoms with van der Waals surface area (Å²) in [5.74, 6) is 1.58. The Balaban J connectivity index is 2.15. The van der Waals surface area contributed by atoms with Crippen molar-refractivity contribution < 1.29 is 14.3 Å². The molecule has 0 aliphatic heterocycles. The molecule has 0 heterocycles. The van der Waals surface area contributed by atoms with Crippen molar-refractivity contribution in [2.75, 3.05) is 7.11 Å². The van der Waals surface area contributed by atoms with Crippen LogP contribution in [-0.4, -0.2) is 13.4 Å². The van der Waals surface area contributed by atoms with Crippen LogP contribution in [0.2, 0.25) is 0 Å². The third-order valence-corrected chi connectivity index (χ3v) is 3.44. The van der Waals surface area contributed by atoms with Crippen molar-refractivity contribution in [1.82, 2.24) is 0 Å². The van der Waals surface area contributed by atoms with Crippen LogP contribution in [-0.2, 0) is 11.4 Å². The van der Waals surface area contributed by atoms with Gasteiger partial charge in [0.1, 0.15) is 12.9 Å². The Kier molecular flexibility index (Phi) is 5.38. The molecule has 1 atom stereocenters. The largest absolute Gasteiger partial charge is 0.493 e. The SMILES string of the molecule is COc1ccc(C(C)CC=O)cc1OCc1ccccc1. The number of hydrogen-bond acceptors (Lipinski definition) is 3. The molecule has 3 heteroatoms. The van der Waals surface area contributed by atoms with Crippen LogP contribution in [0.5, 0.6) is 11.5 Å². The van der Waals surface area contributed by atoms with Crippen molar-refractivity contribution in [3.8, 4) is 11.5 Å². The molecule has 0 amide bonds. The van der Waals surface area contributed by atoms with E-state index in [4.69, 9.17) is 9.47 Å². The van der Waals surface area contributed by atoms with E-state index in [-0.39, 0.29) is 5.92 Å². The van der Waals surface area contributed by atoms with Crippen molar-refractivity contribution in [3.05, 3.63) is 59.7 Å². The van der Waals surface area contributed by atoms with Gasteiger partial charge in [-0.2, -0.15) is 0 Å². The molecule has 2 rings (SSSR count). The summed E-state index contributed by atoms with van der Waals surface area (Å²) < 4.78 is 11.2. The molecule has 1 unspecified atom stereocenters. The van der Waals surface area contributed by atoms with Gasteiger partial charge in [0.15, 0.2) is 11.5 Å². The fraction of sp³-hybridized carbons (Fsp3) is 0.278. The molecular weight excluding hydrogens is 264 g/mol. The molecule has 2 aromatic rings. The standard InChI is InChI=1S/C18H20O3/c1-14(10-11-19)16-8-9-17(20-2)18(12-16)21-13-15-6-4-3-5-7-15/h3-9,11-12,14H,10,13H2,1-2H3. The van der Waals surface area contributed by atoms with E-state index >= 15 is 0 Å². The van der Waals surface area contributed by atoms with E-state index in [1.54, 1.807) is 7.11 Å². The maximum Gasteiger partial charge on any atom is 0.161 e. The number of carbonyl (C=O) groups excluding carboxylic acids is 1. The number of rotatable bonds is 7. The third-order valence-electron chi connectivity index (χ3n) is 3.44. The highest BCUT2D eigenvalue weighted by molar-refractivity contribution is 5.52. The average Bonchev–Trinajstić information content (AvgIpc) is 2.54. The van der Waals surface area contributed by atoms with E-state index in [9.17, 15) is 4.79 Å². The molecular formula is C18H20O3. The Bertz CT molecular complexity index is 578. The summed E-state index contributed by atoms with van der Waals surface area (Å²) in [6.45, 7) is 2.51. The molecule has 0 radical (unpaired) electrons. The molecule has 0 aliphatic carbocycles. The molecule has 0 aliphatic rings. The van der Waals surface area contributed by atoms with Gasteiger partial charge in [-0.1, -0.05) is 43.3 Å². The van der Waals surface area contributed by atoms with Crippen LogP contribution in [0, 0.1) is 0 Å². The smallest absolute Gasteiger partial charge is 0.161 e. The molecule has 0 bridgehead atoms. The van der Waals surface area contributed by atoms with Gasteiger partial charge in [-0.15, -0.1) is 0 Å². The van der Waals surface area contributed by atoms with Crippen LogP contribution in [0.25, 0.3) is 0 Å². The monoisotopic (exact) mass is 284 g/mol. The average molecular weight is 284 g/mol. The molecule has 0 fully saturated rings. The molecule has 2 aromatic carbocycles. The van der Waals surface area contributed by atoms with Gasteiger partial charge in [0.05, 0.1) is 7.11 Å². The first-order valence-corrected chi connectivity index (χ1v) is 7.03. The van der Waals surface area contributed by atoms with Crippen LogP contribution in [0.3, 0.4) is 0 Å². The van der Waals surface area contributed by atoms with E-state index in [0.29, 0.717) is 24.5 Å². The molecule has 3 nitrogen and oxygen atoms in total. The van der Waals surface area contributed by atoms with Crippen LogP contribution >= 0.6 is 0 Å². The Labute approximate surface area is 125 Å². The number of aldehydes is 1. The number of benzene rings is 2. The molecule has 0 spiro atoms. The summed E-state index contributed by atoms with van der Waals surface area (Å²) >= 11 is 0. The highest BCUT2D eigenvalue weighted by Gasteiger charge is 2.10. The fourth-order valence-corrected chi connectivity index (χ4v) is 2.13. The number of ether oxygens (including phenoxy) is 2. The van der Waals surface area contributed by atoms with Gasteiger partial charge in [-0.3, -0.25) is 0 Å². The van der Waals surface area contributed by atoms with Crippen molar-refractivity contribution in [2.24, 2.45) is 0 Å². The van der Waals surface area contributed by atoms with Gasteiger partial charge in [0.25, 0.3) is 0 Å². The predicted molar refractivity (Wildman–Crippen MR) is 82.9 cm³/mol. The highest BCUT2D eigenvalue weighted by atomic mass is 16.5. The lowest BCUT2D eigenvalue weighted by Gasteiger charge is -2.15. The Hall–Kier alpha value is -2.29. The lowest BCUT2D eigenvalue weighted by molar-refractivity contribution is -0.108. The third kappa shape index (κ3) is 4.09. The molecule has 0 N–H and O–H groups in total. The molecule has 0 saturated heterocycles. The number of carbonyl (C=O) groups is 1. The Morgan fingerprint density at radius 3 is 2.52 bits per heavy atom. The van der Waals surface area contributed by atoms with Gasteiger partial charge in [0.2, 0.25) is 0 Å². The van der Waals surface area contributed by atoms with E-state index < -0.39 is 0 Å². The quantitative estimate of drug-likeness (QED) is 0.722. The summed E-state index contributed by atoms with van der Waals surface area (Å²) in [5.41, 5.74) is 2.18. The lowest BCUT2D eigenvalue weighted by atomic mass is 9.98. The lowest BCUT2D eigenvalue weighted by Crippen LogP contribution is -2.00. The van der Waals surface area contributed by atoms with E-state index in [2.05, 4.69) is 0 Å². The van der Waals surface area contributed by atoms with Crippen LogP contribution < -0.4 is 9.47 Å². The minimum atomic E-state index is 0.174. The molecule has 21 heavy (non-hydrogen) atoms. The minimum Gasteiger partial charge on any atom is -0.493 e. The minimum absolute atomic E-state index is 0.174. The zero-order chi connectivity index (χ0) is 15.1. The van der Waals surface area contributed by atoms with Gasteiger partial charge in [0, 0.05) is 6.42 Å². The van der Waals surface area contributed by atoms with Gasteiger partial charge >= 0.3 is 0 Å². The molecule has 0 saturated carbocycles. The maximum atomic E-state index is 10.7. The first-order valence-electron chi connectivity index (χ1n) is 7.03. The zero-order valence-corrected chi connectivity index (χ0v) is 12.4. The van der Waals surface area contributed by atoms with Crippen molar-refractivity contribution >= 4 is 6.29 Å². The van der Waals surface area contributed by atoms with E-state index in [1.165, 1.54) is 0 Å². The van der Waals surface area contributed by atoms with E-state index in [1.807, 2.05) is 55.5 Å². The number of methoxy groups -OCH3 is 1. The second kappa shape index (κ2) is 7.48. The summed E-state index contributed by atoms with van der Waals surface area (Å²) in [6, 6.07) is 15.8. The van der Waals surface area contributed by atoms with Crippen LogP contribution in [0.15, 0.2) is 48.5 Å². The maximum absolute atomic E-state index is 10.7. The topological polar surface area (TPSA) is 35.5 Å². The second-order valence-corrected chi connectivity index (χ2v) is 4.99. The summed E-state index contributed by atoms with van der Waals surface area (Å²) in [5, 5.41) is 0. The summed E-state index contributed by atoms with van der Waals surface area (Å²) in [7, 11) is 1.62. The first-order chi connectivity index (χ1) is 10.2. The van der Waals surface area contributed by atoms with Crippen molar-refractivity contribution in [3.63, 3.8) is 0 Å². The Morgan fingerprint density at radius 2 is 1.86 bits per heavy atom. The van der Waals surface area contributed by atoms with Gasteiger partial charge < -0.3 is 14.3 Å². The van der Waals surface area contributed by atoms with Crippen molar-refractivity contribution in [2.45, 2.75) is 25.9 Å². The van der Waals surface area contributed by atoms with Crippen LogP contribution in [0.1, 0.15) is 30.4 Å². The van der Waals surface area contributed by atoms with Crippen LogP contribution in [0.4, 0.5) is 0 Å². The summed E-state index contributed by atoms with van der Waals surface area (Å²) in [4.78, 5) is 10.7. The molecule has 0 aromatic heterocycles. The zero-order valence-electron chi connectivity index (χ0n) is 12.4. The predicted octanol–water partition coefficient (Wildman–Crippen LogP) is 3.97. The summed E-state index contributed by atoms with van der Waals surface area (Å²) in [6.07, 6.45) is 1.45. The van der Waals surface area contributed by atoms with Gasteiger partial charge in [-0.25, -0.2) is 0 Å². The molecule has 110 valence electrons. The highest BCUT2D eigenvalue weighted by Crippen LogP contribution is 2.32. The second-order valence-electron chi connectivity index (χ2n) is 4.99. The number of hydrogen-bond donors (Lipinski definition) is 0. The van der Waals surface area contributed by atoms with Crippen molar-refractivity contribution in [1.29, 1.82) is 0 Å². The van der Waals surface area contributed by atoms with E-state index in [0.717, 1.165) is 17.4 Å². The van der Waals surface area contributed by atoms with Gasteiger partial charge in [-0.05, 0) is 29.2 Å². The Morgan fingerprint density at radius 1 is 1.10 bits per heavy atom. The fourth-order valence-electron chi connectivity index (χ4n) is 2.13. The first kappa shape index (κ1) is 15.1.